The summed E-state index contributed by atoms with van der Waals surface area (Å²) in [6.07, 6.45) is -7.05. The van der Waals surface area contributed by atoms with E-state index in [0.717, 1.165) is 43.5 Å². The summed E-state index contributed by atoms with van der Waals surface area (Å²) in [6.45, 7) is 32.9. The van der Waals surface area contributed by atoms with Crippen LogP contribution in [-0.4, -0.2) is 265 Å². The zero-order chi connectivity index (χ0) is 68.4. The maximum absolute atomic E-state index is 11.5. The Morgan fingerprint density at radius 3 is 1.47 bits per heavy atom. The van der Waals surface area contributed by atoms with Gasteiger partial charge in [-0.3, -0.25) is 0 Å². The van der Waals surface area contributed by atoms with Gasteiger partial charge in [-0.05, 0) is 60.3 Å². The first-order valence-electron chi connectivity index (χ1n) is 29.9. The minimum atomic E-state index is -1.82. The van der Waals surface area contributed by atoms with Crippen LogP contribution in [0, 0.1) is 29.6 Å². The van der Waals surface area contributed by atoms with Crippen LogP contribution < -0.4 is 0 Å². The summed E-state index contributed by atoms with van der Waals surface area (Å²) in [5.41, 5.74) is 1.78. The Balaban J connectivity index is 0.00000101. The summed E-state index contributed by atoms with van der Waals surface area (Å²) in [4.78, 5) is 11.5. The first kappa shape index (κ1) is 74.2. The van der Waals surface area contributed by atoms with Gasteiger partial charge in [0.15, 0.2) is 0 Å². The summed E-state index contributed by atoms with van der Waals surface area (Å²) in [5.74, 6) is 1.28. The van der Waals surface area contributed by atoms with Crippen molar-refractivity contribution >= 4 is 114 Å². The van der Waals surface area contributed by atoms with Crippen LogP contribution >= 0.6 is 93.8 Å². The number of ketones is 1. The predicted octanol–water partition coefficient (Wildman–Crippen LogP) is 2.11. The fourth-order valence-electron chi connectivity index (χ4n) is 9.43. The van der Waals surface area contributed by atoms with Crippen molar-refractivity contribution in [3.63, 3.8) is 0 Å². The third kappa shape index (κ3) is 27.3. The van der Waals surface area contributed by atoms with E-state index in [4.69, 9.17) is 86.6 Å². The molecule has 33 heteroatoms. The van der Waals surface area contributed by atoms with Crippen LogP contribution in [0.15, 0.2) is 24.3 Å². The molecule has 2 radical (unpaired) electrons. The Morgan fingerprint density at radius 2 is 1.06 bits per heavy atom. The van der Waals surface area contributed by atoms with Gasteiger partial charge in [-0.2, -0.15) is 0 Å². The second-order valence-electron chi connectivity index (χ2n) is 20.3. The average Bonchev–Trinajstić information content (AvgIpc) is 4.53. The van der Waals surface area contributed by atoms with Gasteiger partial charge in [0.05, 0.1) is 81.9 Å². The van der Waals surface area contributed by atoms with Crippen LogP contribution in [0.3, 0.4) is 0 Å². The van der Waals surface area contributed by atoms with Gasteiger partial charge < -0.3 is 72.9 Å². The van der Waals surface area contributed by atoms with Crippen LogP contribution in [0.2, 0.25) is 0 Å². The summed E-state index contributed by atoms with van der Waals surface area (Å²) in [5, 5.41) is 85.2. The number of ether oxygens (including phenoxy) is 7. The topological polar surface area (TPSA) is 341 Å². The van der Waals surface area contributed by atoms with Crippen LogP contribution in [0.4, 0.5) is 0 Å². The number of aliphatic hydroxyl groups is 11. The number of aliphatic hydroxyl groups excluding tert-OH is 11. The molecule has 492 valence electrons. The molecule has 0 aromatic carbocycles. The predicted molar refractivity (Wildman–Crippen MR) is 355 cm³/mol. The van der Waals surface area contributed by atoms with Gasteiger partial charge in [-0.15, -0.1) is 0 Å². The second-order valence-corrected chi connectivity index (χ2v) is 39.8. The monoisotopic (exact) mass is 1550 g/mol. The van der Waals surface area contributed by atoms with Crippen molar-refractivity contribution in [3.8, 4) is 0 Å². The third-order valence-corrected chi connectivity index (χ3v) is 20.2. The van der Waals surface area contributed by atoms with Crippen LogP contribution in [0.1, 0.15) is 78.0 Å². The molecule has 0 spiro atoms. The fourth-order valence-corrected chi connectivity index (χ4v) is 15.0. The molecule has 23 nitrogen and oxygen atoms in total. The largest absolute Gasteiger partial charge is 0.396 e. The van der Waals surface area contributed by atoms with E-state index < -0.39 is 97.6 Å². The molecular formula is C50H100B2I2O23P2S4. The van der Waals surface area contributed by atoms with Crippen molar-refractivity contribution in [2.45, 2.75) is 199 Å². The standard InChI is InChI=1S/C8H16BO3S.C8H14BO2S.C8H16O3.C7H12O3.C6H14IO4PS.C6H12IO4PS.C6H12O4.CH4/c1-5-7(3-10)6(2)12-8(5)4-11-13-9;1-5-6(2)8(4-10-12-9)11-7(5)3;1-5-7(3-9)6(2)11-8(5)4-10;1-4-5(2)10-6(3-8)7(4)9;2*1-3-5(9)6(11-7(12)13)4(2-8)10-3;1-3-5(8)6(9)4(2-7)10-3;/h5-10H,3-4H2,1-2H3;6-9H,1,4H2,2-3H3;5-10H,3-4H2,1-2H3;5-9H,1,3H2,2H3;3-6,8-9,13H,2,12H2,1H3;3-4,6,8,13H,2,12H2,1H3;3-9H,2H2,1H3;1H4/t5-,6-,7?,8-;6-,7-,8-;5-,6-,7?,8-;5-,6-,7-;3-,4-,5?,6+;3-,4-,6+;3-,4-,5?,6+;/m1111111./s1/i2*9T;9D;;2*8T;;1T. The molecule has 0 aromatic rings. The minimum absolute atomic E-state index is 0.0367. The molecule has 7 fully saturated rings. The van der Waals surface area contributed by atoms with Gasteiger partial charge in [0.1, 0.15) is 30.5 Å². The first-order valence-corrected chi connectivity index (χ1v) is 44.7. The molecule has 0 aliphatic carbocycles. The first-order chi connectivity index (χ1) is 42.0. The van der Waals surface area contributed by atoms with E-state index in [-0.39, 0.29) is 124 Å². The fraction of sp³-hybridized carbons (Fsp3) is 0.900. The van der Waals surface area contributed by atoms with Crippen LogP contribution in [-0.2, 0) is 52.5 Å². The Morgan fingerprint density at radius 1 is 0.602 bits per heavy atom. The van der Waals surface area contributed by atoms with E-state index in [1.54, 1.807) is 27.7 Å². The average molecular weight is 1550 g/mol. The molecule has 11 N–H and O–H groups in total. The molecule has 7 heterocycles. The van der Waals surface area contributed by atoms with E-state index in [1.807, 2.05) is 27.7 Å². The molecule has 7 rings (SSSR count). The van der Waals surface area contributed by atoms with Gasteiger partial charge >= 0.3 is 184 Å². The number of hydrogen-bond acceptors (Lipinski definition) is 27. The SMILES string of the molecule is C=C1[C@@H](O)[C@@H](CO)O[C@@H]1C.C[C@H]1O[C@H](CO)[C@H](O)C1O.[2H]OCC1[C@@H](C)[C@@H](CO)O[C@@H]1C.[3H]C.[3H]OC[C@H]1O[C@H](C)C(=O)[C@H]1OI(P)S.[3H]OC[C@H]1O[C@H](C)C(O)[C@H]1OI(P)S.[3H][B]SOC[C@H]1O[C@H](C)C(=C)[C@H]1C.[3H][B]SOC[C@H]1O[C@H](C)C(CO)[C@H]1C. The molecule has 0 bridgehead atoms. The number of thiol groups is 2. The Labute approximate surface area is 538 Å². The van der Waals surface area contributed by atoms with E-state index in [2.05, 4.69) is 75.7 Å². The summed E-state index contributed by atoms with van der Waals surface area (Å²) < 4.78 is 97.9. The molecule has 6 unspecified atom stereocenters. The van der Waals surface area contributed by atoms with Crippen molar-refractivity contribution in [1.82, 2.24) is 0 Å². The van der Waals surface area contributed by atoms with Crippen LogP contribution in [0.5, 0.6) is 0 Å². The van der Waals surface area contributed by atoms with Crippen LogP contribution in [0.25, 0.3) is 0 Å². The summed E-state index contributed by atoms with van der Waals surface area (Å²) in [7, 11) is 11.9. The zero-order valence-corrected chi connectivity index (χ0v) is 59.2. The number of Topliss-reactive ketones (excluding diaryl/α,β-unsaturated/α-hetero) is 1. The van der Waals surface area contributed by atoms with E-state index in [1.165, 1.54) is 7.40 Å². The molecule has 0 saturated carbocycles. The van der Waals surface area contributed by atoms with E-state index in [0.29, 0.717) is 37.2 Å². The number of hydrogen-bond donors (Lipinski definition) is 13. The molecule has 27 atom stereocenters. The second kappa shape index (κ2) is 44.6. The molecule has 7 saturated heterocycles. The Kier molecular flexibility index (Phi) is 39.9. The van der Waals surface area contributed by atoms with Gasteiger partial charge in [0.2, 0.25) is 15.6 Å². The summed E-state index contributed by atoms with van der Waals surface area (Å²) >= 11 is -1.54. The van der Waals surface area contributed by atoms with E-state index in [9.17, 15) is 15.0 Å². The molecule has 0 amide bonds. The zero-order valence-electron chi connectivity index (χ0n) is 55.2. The number of halogens is 2. The number of carbonyl (C=O) groups excluding carboxylic acids is 1. The minimum Gasteiger partial charge on any atom is -0.396 e. The summed E-state index contributed by atoms with van der Waals surface area (Å²) in [6, 6.07) is 0. The Hall–Kier alpha value is 2.12. The van der Waals surface area contributed by atoms with Gasteiger partial charge in [-0.25, -0.2) is 0 Å². The maximum atomic E-state index is 11.5. The van der Waals surface area contributed by atoms with Gasteiger partial charge in [0, 0.05) is 32.3 Å². The molecule has 7 aliphatic heterocycles. The molecular weight excluding hydrogens is 1430 g/mol. The van der Waals surface area contributed by atoms with Crippen molar-refractivity contribution in [2.75, 3.05) is 59.5 Å². The molecule has 7 aliphatic rings. The quantitative estimate of drug-likeness (QED) is 0.0140. The van der Waals surface area contributed by atoms with Crippen molar-refractivity contribution in [1.29, 1.82) is 6.97 Å². The third-order valence-electron chi connectivity index (χ3n) is 15.0. The number of rotatable bonds is 22. The van der Waals surface area contributed by atoms with Crippen molar-refractivity contribution in [2.24, 2.45) is 29.6 Å². The molecule has 83 heavy (non-hydrogen) atoms. The Bertz CT molecular complexity index is 1900. The van der Waals surface area contributed by atoms with Crippen molar-refractivity contribution in [3.05, 3.63) is 24.3 Å². The maximum Gasteiger partial charge on any atom is 0.209 e. The van der Waals surface area contributed by atoms with Crippen molar-refractivity contribution < 1.29 is 110 Å². The molecule has 0 aromatic heterocycles. The van der Waals surface area contributed by atoms with Gasteiger partial charge in [0.25, 0.3) is 0 Å². The van der Waals surface area contributed by atoms with Gasteiger partial charge in [-0.1, -0.05) is 65.1 Å². The number of carbonyl (C=O) groups is 1. The van der Waals surface area contributed by atoms with E-state index >= 15 is 0 Å². The smallest absolute Gasteiger partial charge is 0.209 e. The normalized spacial score (nSPS) is 40.7.